The van der Waals surface area contributed by atoms with Gasteiger partial charge in [-0.15, -0.1) is 0 Å². The van der Waals surface area contributed by atoms with Gasteiger partial charge in [0.15, 0.2) is 0 Å². The van der Waals surface area contributed by atoms with Gasteiger partial charge in [0.05, 0.1) is 0 Å². The molecule has 1 rings (SSSR count). The third-order valence-corrected chi connectivity index (χ3v) is 1.97. The SMILES string of the molecule is NC(CCCO)c1ccc(F)cc1. The minimum atomic E-state index is -0.252. The number of aliphatic hydroxyl groups excluding tert-OH is 1. The Bertz CT molecular complexity index is 248. The average Bonchev–Trinajstić information content (AvgIpc) is 2.15. The summed E-state index contributed by atoms with van der Waals surface area (Å²) in [6, 6.07) is 6.05. The first-order valence-corrected chi connectivity index (χ1v) is 4.36. The van der Waals surface area contributed by atoms with E-state index in [9.17, 15) is 4.39 Å². The Balaban J connectivity index is 2.55. The molecule has 1 aromatic carbocycles. The molecule has 0 aliphatic carbocycles. The maximum atomic E-state index is 12.5. The van der Waals surface area contributed by atoms with E-state index < -0.39 is 0 Å². The zero-order valence-electron chi connectivity index (χ0n) is 7.41. The van der Waals surface area contributed by atoms with Crippen molar-refractivity contribution in [2.75, 3.05) is 6.61 Å². The van der Waals surface area contributed by atoms with E-state index in [1.165, 1.54) is 12.1 Å². The quantitative estimate of drug-likeness (QED) is 0.744. The van der Waals surface area contributed by atoms with Crippen molar-refractivity contribution in [3.05, 3.63) is 35.6 Å². The monoisotopic (exact) mass is 183 g/mol. The third-order valence-electron chi connectivity index (χ3n) is 1.97. The summed E-state index contributed by atoms with van der Waals surface area (Å²) in [5.41, 5.74) is 6.71. The summed E-state index contributed by atoms with van der Waals surface area (Å²) in [6.45, 7) is 0.148. The summed E-state index contributed by atoms with van der Waals surface area (Å²) >= 11 is 0. The molecule has 0 aliphatic heterocycles. The van der Waals surface area contributed by atoms with Crippen LogP contribution in [0.25, 0.3) is 0 Å². The van der Waals surface area contributed by atoms with E-state index in [0.29, 0.717) is 6.42 Å². The Labute approximate surface area is 77.2 Å². The van der Waals surface area contributed by atoms with Crippen molar-refractivity contribution in [3.63, 3.8) is 0 Å². The lowest BCUT2D eigenvalue weighted by molar-refractivity contribution is 0.280. The van der Waals surface area contributed by atoms with Crippen LogP contribution in [0.3, 0.4) is 0 Å². The molecular formula is C10H14FNO. The van der Waals surface area contributed by atoms with Crippen molar-refractivity contribution >= 4 is 0 Å². The molecule has 0 aliphatic rings. The Hall–Kier alpha value is -0.930. The van der Waals surface area contributed by atoms with Gasteiger partial charge in [0.1, 0.15) is 5.82 Å². The maximum absolute atomic E-state index is 12.5. The van der Waals surface area contributed by atoms with Gasteiger partial charge < -0.3 is 10.8 Å². The molecule has 3 N–H and O–H groups in total. The maximum Gasteiger partial charge on any atom is 0.123 e. The molecule has 2 nitrogen and oxygen atoms in total. The highest BCUT2D eigenvalue weighted by molar-refractivity contribution is 5.19. The van der Waals surface area contributed by atoms with Gasteiger partial charge in [-0.05, 0) is 30.5 Å². The van der Waals surface area contributed by atoms with Crippen molar-refractivity contribution in [1.82, 2.24) is 0 Å². The Morgan fingerprint density at radius 2 is 1.92 bits per heavy atom. The predicted molar refractivity (Wildman–Crippen MR) is 49.6 cm³/mol. The first-order chi connectivity index (χ1) is 6.24. The molecule has 1 unspecified atom stereocenters. The number of aliphatic hydroxyl groups is 1. The first kappa shape index (κ1) is 10.2. The summed E-state index contributed by atoms with van der Waals surface area (Å²) in [4.78, 5) is 0. The molecule has 0 spiro atoms. The molecule has 0 saturated carbocycles. The van der Waals surface area contributed by atoms with Crippen LogP contribution >= 0.6 is 0 Å². The Morgan fingerprint density at radius 1 is 1.31 bits per heavy atom. The van der Waals surface area contributed by atoms with Crippen LogP contribution in [0.1, 0.15) is 24.4 Å². The van der Waals surface area contributed by atoms with Gasteiger partial charge in [0.2, 0.25) is 0 Å². The summed E-state index contributed by atoms with van der Waals surface area (Å²) in [5.74, 6) is -0.252. The molecule has 72 valence electrons. The average molecular weight is 183 g/mol. The van der Waals surface area contributed by atoms with Gasteiger partial charge in [-0.3, -0.25) is 0 Å². The topological polar surface area (TPSA) is 46.2 Å². The number of hydrogen-bond acceptors (Lipinski definition) is 2. The molecule has 3 heteroatoms. The van der Waals surface area contributed by atoms with E-state index in [0.717, 1.165) is 12.0 Å². The molecule has 0 amide bonds. The Kier molecular flexibility index (Phi) is 3.86. The van der Waals surface area contributed by atoms with Crippen molar-refractivity contribution in [2.45, 2.75) is 18.9 Å². The van der Waals surface area contributed by atoms with Crippen molar-refractivity contribution in [2.24, 2.45) is 5.73 Å². The minimum absolute atomic E-state index is 0.104. The number of hydrogen-bond donors (Lipinski definition) is 2. The van der Waals surface area contributed by atoms with Gasteiger partial charge in [-0.25, -0.2) is 4.39 Å². The second-order valence-electron chi connectivity index (χ2n) is 3.02. The fraction of sp³-hybridized carbons (Fsp3) is 0.400. The van der Waals surface area contributed by atoms with Crippen molar-refractivity contribution in [3.8, 4) is 0 Å². The van der Waals surface area contributed by atoms with Crippen LogP contribution in [-0.2, 0) is 0 Å². The van der Waals surface area contributed by atoms with Crippen LogP contribution in [0.15, 0.2) is 24.3 Å². The van der Waals surface area contributed by atoms with Gasteiger partial charge in [-0.1, -0.05) is 12.1 Å². The van der Waals surface area contributed by atoms with E-state index in [2.05, 4.69) is 0 Å². The molecule has 13 heavy (non-hydrogen) atoms. The van der Waals surface area contributed by atoms with E-state index in [-0.39, 0.29) is 18.5 Å². The van der Waals surface area contributed by atoms with Crippen LogP contribution in [0, 0.1) is 5.82 Å². The molecule has 0 radical (unpaired) electrons. The highest BCUT2D eigenvalue weighted by Crippen LogP contribution is 2.15. The molecular weight excluding hydrogens is 169 g/mol. The van der Waals surface area contributed by atoms with Crippen LogP contribution in [0.4, 0.5) is 4.39 Å². The van der Waals surface area contributed by atoms with Crippen molar-refractivity contribution in [1.29, 1.82) is 0 Å². The standard InChI is InChI=1S/C10H14FNO/c11-9-5-3-8(4-6-9)10(12)2-1-7-13/h3-6,10,13H,1-2,7,12H2. The van der Waals surface area contributed by atoms with E-state index in [4.69, 9.17) is 10.8 Å². The van der Waals surface area contributed by atoms with E-state index >= 15 is 0 Å². The molecule has 0 fully saturated rings. The molecule has 0 aromatic heterocycles. The van der Waals surface area contributed by atoms with Gasteiger partial charge in [0.25, 0.3) is 0 Å². The van der Waals surface area contributed by atoms with Crippen molar-refractivity contribution < 1.29 is 9.50 Å². The van der Waals surface area contributed by atoms with Crippen LogP contribution < -0.4 is 5.73 Å². The van der Waals surface area contributed by atoms with E-state index in [1.807, 2.05) is 0 Å². The highest BCUT2D eigenvalue weighted by Gasteiger charge is 2.04. The lowest BCUT2D eigenvalue weighted by Crippen LogP contribution is -2.10. The number of benzene rings is 1. The molecule has 1 atom stereocenters. The highest BCUT2D eigenvalue weighted by atomic mass is 19.1. The number of nitrogens with two attached hydrogens (primary N) is 1. The molecule has 1 aromatic rings. The molecule has 0 heterocycles. The minimum Gasteiger partial charge on any atom is -0.396 e. The predicted octanol–water partition coefficient (Wildman–Crippen LogP) is 1.60. The second-order valence-corrected chi connectivity index (χ2v) is 3.02. The second kappa shape index (κ2) is 4.94. The fourth-order valence-corrected chi connectivity index (χ4v) is 1.19. The lowest BCUT2D eigenvalue weighted by atomic mass is 10.0. The van der Waals surface area contributed by atoms with Gasteiger partial charge in [-0.2, -0.15) is 0 Å². The fourth-order valence-electron chi connectivity index (χ4n) is 1.19. The Morgan fingerprint density at radius 3 is 2.46 bits per heavy atom. The van der Waals surface area contributed by atoms with Crippen LogP contribution in [-0.4, -0.2) is 11.7 Å². The first-order valence-electron chi connectivity index (χ1n) is 4.36. The zero-order chi connectivity index (χ0) is 9.68. The summed E-state index contributed by atoms with van der Waals surface area (Å²) in [6.07, 6.45) is 1.40. The van der Waals surface area contributed by atoms with Crippen LogP contribution in [0.5, 0.6) is 0 Å². The summed E-state index contributed by atoms with van der Waals surface area (Å²) in [5, 5.41) is 8.59. The summed E-state index contributed by atoms with van der Waals surface area (Å²) in [7, 11) is 0. The van der Waals surface area contributed by atoms with Gasteiger partial charge >= 0.3 is 0 Å². The largest absolute Gasteiger partial charge is 0.396 e. The van der Waals surface area contributed by atoms with E-state index in [1.54, 1.807) is 12.1 Å². The normalized spacial score (nSPS) is 12.8. The number of rotatable bonds is 4. The van der Waals surface area contributed by atoms with Gasteiger partial charge in [0, 0.05) is 12.6 Å². The third kappa shape index (κ3) is 3.13. The van der Waals surface area contributed by atoms with Crippen LogP contribution in [0.2, 0.25) is 0 Å². The smallest absolute Gasteiger partial charge is 0.123 e. The lowest BCUT2D eigenvalue weighted by Gasteiger charge is -2.10. The number of halogens is 1. The zero-order valence-corrected chi connectivity index (χ0v) is 7.41. The molecule has 0 bridgehead atoms. The molecule has 0 saturated heterocycles. The summed E-state index contributed by atoms with van der Waals surface area (Å²) < 4.78 is 12.5.